The lowest BCUT2D eigenvalue weighted by Gasteiger charge is -2.10. The molecule has 1 N–H and O–H groups in total. The third-order valence-corrected chi connectivity index (χ3v) is 4.32. The van der Waals surface area contributed by atoms with E-state index in [4.69, 9.17) is 28.3 Å². The molecule has 0 aliphatic heterocycles. The van der Waals surface area contributed by atoms with Crippen LogP contribution in [0.4, 0.5) is 13.2 Å². The number of halogens is 6. The minimum atomic E-state index is -4.52. The lowest BCUT2D eigenvalue weighted by molar-refractivity contribution is -0.138. The molecule has 19 heavy (non-hydrogen) atoms. The number of carbonyl (C=O) groups is 1. The number of hydrogen-bond acceptors (Lipinski definition) is 1. The molecule has 104 valence electrons. The second-order valence-corrected chi connectivity index (χ2v) is 6.60. The van der Waals surface area contributed by atoms with Crippen molar-refractivity contribution in [3.63, 3.8) is 0 Å². The molecule has 0 spiro atoms. The van der Waals surface area contributed by atoms with E-state index in [1.165, 1.54) is 6.07 Å². The topological polar surface area (TPSA) is 37.3 Å². The van der Waals surface area contributed by atoms with E-state index in [0.29, 0.717) is 0 Å². The number of carboxylic acids is 1. The lowest BCUT2D eigenvalue weighted by Crippen LogP contribution is -2.06. The molecule has 0 bridgehead atoms. The van der Waals surface area contributed by atoms with E-state index in [1.807, 2.05) is 0 Å². The molecule has 0 radical (unpaired) electrons. The molecule has 1 aromatic rings. The Morgan fingerprint density at radius 2 is 1.89 bits per heavy atom. The van der Waals surface area contributed by atoms with Crippen molar-refractivity contribution >= 4 is 45.1 Å². The Kier molecular flexibility index (Phi) is 3.56. The summed E-state index contributed by atoms with van der Waals surface area (Å²) in [6.45, 7) is 0. The first-order valence-electron chi connectivity index (χ1n) is 5.03. The van der Waals surface area contributed by atoms with Crippen LogP contribution in [-0.4, -0.2) is 15.4 Å². The molecule has 1 fully saturated rings. The molecule has 1 saturated carbocycles. The van der Waals surface area contributed by atoms with Gasteiger partial charge in [0.15, 0.2) is 0 Å². The first-order valence-corrected chi connectivity index (χ1v) is 6.58. The first kappa shape index (κ1) is 14.9. The minimum Gasteiger partial charge on any atom is -0.481 e. The van der Waals surface area contributed by atoms with Gasteiger partial charge in [0.2, 0.25) is 0 Å². The third kappa shape index (κ3) is 2.71. The Bertz CT molecular complexity index is 545. The van der Waals surface area contributed by atoms with E-state index in [9.17, 15) is 18.0 Å². The molecule has 0 amide bonds. The fourth-order valence-electron chi connectivity index (χ4n) is 2.00. The number of aliphatic carboxylic acids is 1. The fourth-order valence-corrected chi connectivity index (χ4v) is 3.33. The van der Waals surface area contributed by atoms with Crippen LogP contribution in [0.25, 0.3) is 0 Å². The van der Waals surface area contributed by atoms with Gasteiger partial charge in [-0.1, -0.05) is 39.1 Å². The lowest BCUT2D eigenvalue weighted by atomic mass is 10.1. The Morgan fingerprint density at radius 3 is 2.32 bits per heavy atom. The zero-order valence-corrected chi connectivity index (χ0v) is 12.1. The van der Waals surface area contributed by atoms with Gasteiger partial charge in [-0.25, -0.2) is 0 Å². The zero-order valence-electron chi connectivity index (χ0n) is 9.01. The second kappa shape index (κ2) is 4.53. The molecule has 0 saturated heterocycles. The second-order valence-electron chi connectivity index (χ2n) is 4.24. The minimum absolute atomic E-state index is 0.152. The Morgan fingerprint density at radius 1 is 1.32 bits per heavy atom. The molecule has 2 unspecified atom stereocenters. The molecule has 1 aliphatic carbocycles. The maximum Gasteiger partial charge on any atom is 0.416 e. The average Bonchev–Trinajstić information content (AvgIpc) is 2.79. The van der Waals surface area contributed by atoms with E-state index in [1.54, 1.807) is 0 Å². The summed E-state index contributed by atoms with van der Waals surface area (Å²) in [6.07, 6.45) is -4.52. The van der Waals surface area contributed by atoms with Crippen LogP contribution in [0.15, 0.2) is 22.7 Å². The highest BCUT2D eigenvalue weighted by atomic mass is 79.9. The van der Waals surface area contributed by atoms with Gasteiger partial charge in [-0.2, -0.15) is 13.2 Å². The summed E-state index contributed by atoms with van der Waals surface area (Å²) in [7, 11) is 0. The third-order valence-electron chi connectivity index (χ3n) is 2.93. The van der Waals surface area contributed by atoms with E-state index in [0.717, 1.165) is 12.1 Å². The van der Waals surface area contributed by atoms with Gasteiger partial charge in [0.1, 0.15) is 4.33 Å². The molecule has 2 nitrogen and oxygen atoms in total. The predicted molar refractivity (Wildman–Crippen MR) is 67.4 cm³/mol. The van der Waals surface area contributed by atoms with Gasteiger partial charge >= 0.3 is 12.1 Å². The highest BCUT2D eigenvalue weighted by Crippen LogP contribution is 2.65. The standard InChI is InChI=1S/C11H6BrCl2F3O2/c12-6-2-4(1-5(3-6)11(15,16)17)7-8(9(18)19)10(7,13)14/h1-3,7-8H,(H,18,19). The molecule has 1 aromatic carbocycles. The van der Waals surface area contributed by atoms with Gasteiger partial charge in [-0.05, 0) is 23.8 Å². The number of rotatable bonds is 2. The summed E-state index contributed by atoms with van der Waals surface area (Å²) in [4.78, 5) is 10.9. The number of alkyl halides is 5. The van der Waals surface area contributed by atoms with Crippen LogP contribution in [0.3, 0.4) is 0 Å². The molecule has 2 atom stereocenters. The Hall–Kier alpha value is -0.460. The van der Waals surface area contributed by atoms with Crippen LogP contribution in [0.2, 0.25) is 0 Å². The van der Waals surface area contributed by atoms with Crippen molar-refractivity contribution in [2.24, 2.45) is 5.92 Å². The molecule has 8 heteroatoms. The van der Waals surface area contributed by atoms with Crippen LogP contribution < -0.4 is 0 Å². The first-order chi connectivity index (χ1) is 8.55. The molecule has 2 rings (SSSR count). The van der Waals surface area contributed by atoms with Crippen molar-refractivity contribution in [1.29, 1.82) is 0 Å². The van der Waals surface area contributed by atoms with Crippen molar-refractivity contribution in [1.82, 2.24) is 0 Å². The number of hydrogen-bond donors (Lipinski definition) is 1. The maximum atomic E-state index is 12.7. The van der Waals surface area contributed by atoms with Crippen LogP contribution in [-0.2, 0) is 11.0 Å². The predicted octanol–water partition coefficient (Wildman–Crippen LogP) is 4.44. The van der Waals surface area contributed by atoms with Crippen LogP contribution in [0.5, 0.6) is 0 Å². The number of benzene rings is 1. The molecular formula is C11H6BrCl2F3O2. The Labute approximate surface area is 124 Å². The summed E-state index contributed by atoms with van der Waals surface area (Å²) >= 11 is 14.6. The van der Waals surface area contributed by atoms with Gasteiger partial charge < -0.3 is 5.11 Å². The van der Waals surface area contributed by atoms with E-state index >= 15 is 0 Å². The van der Waals surface area contributed by atoms with Gasteiger partial charge in [0.05, 0.1) is 11.5 Å². The Balaban J connectivity index is 2.43. The van der Waals surface area contributed by atoms with Gasteiger partial charge in [-0.3, -0.25) is 4.79 Å². The monoisotopic (exact) mass is 376 g/mol. The van der Waals surface area contributed by atoms with E-state index < -0.39 is 33.9 Å². The zero-order chi connectivity index (χ0) is 14.6. The molecular weight excluding hydrogens is 372 g/mol. The molecule has 0 aromatic heterocycles. The normalized spacial score (nSPS) is 25.2. The van der Waals surface area contributed by atoms with Gasteiger partial charge in [-0.15, -0.1) is 0 Å². The highest BCUT2D eigenvalue weighted by Gasteiger charge is 2.68. The van der Waals surface area contributed by atoms with Crippen molar-refractivity contribution in [2.45, 2.75) is 16.4 Å². The fraction of sp³-hybridized carbons (Fsp3) is 0.364. The summed E-state index contributed by atoms with van der Waals surface area (Å²) in [6, 6.07) is 3.17. The van der Waals surface area contributed by atoms with Crippen molar-refractivity contribution in [3.05, 3.63) is 33.8 Å². The maximum absolute atomic E-state index is 12.7. The molecule has 1 aliphatic rings. The van der Waals surface area contributed by atoms with Crippen molar-refractivity contribution in [3.8, 4) is 0 Å². The SMILES string of the molecule is O=C(O)C1C(c2cc(Br)cc(C(F)(F)F)c2)C1(Cl)Cl. The van der Waals surface area contributed by atoms with Crippen molar-refractivity contribution < 1.29 is 23.1 Å². The highest BCUT2D eigenvalue weighted by molar-refractivity contribution is 9.10. The van der Waals surface area contributed by atoms with Crippen LogP contribution >= 0.6 is 39.1 Å². The molecule has 0 heterocycles. The van der Waals surface area contributed by atoms with Gasteiger partial charge in [0, 0.05) is 10.4 Å². The smallest absolute Gasteiger partial charge is 0.416 e. The summed E-state index contributed by atoms with van der Waals surface area (Å²) in [5.74, 6) is -3.19. The summed E-state index contributed by atoms with van der Waals surface area (Å²) < 4.78 is 36.6. The van der Waals surface area contributed by atoms with E-state index in [2.05, 4.69) is 15.9 Å². The van der Waals surface area contributed by atoms with Crippen LogP contribution in [0.1, 0.15) is 17.0 Å². The van der Waals surface area contributed by atoms with Crippen molar-refractivity contribution in [2.75, 3.05) is 0 Å². The average molecular weight is 378 g/mol. The quantitative estimate of drug-likeness (QED) is 0.773. The largest absolute Gasteiger partial charge is 0.481 e. The summed E-state index contributed by atoms with van der Waals surface area (Å²) in [5, 5.41) is 8.92. The van der Waals surface area contributed by atoms with Gasteiger partial charge in [0.25, 0.3) is 0 Å². The van der Waals surface area contributed by atoms with E-state index in [-0.39, 0.29) is 10.0 Å². The number of carboxylic acid groups (broad SMARTS) is 1. The van der Waals surface area contributed by atoms with Crippen LogP contribution in [0, 0.1) is 5.92 Å². The summed E-state index contributed by atoms with van der Waals surface area (Å²) in [5.41, 5.74) is -0.726.